The molecule has 39 heavy (non-hydrogen) atoms. The van der Waals surface area contributed by atoms with E-state index in [0.29, 0.717) is 0 Å². The normalized spacial score (nSPS) is 11.8. The summed E-state index contributed by atoms with van der Waals surface area (Å²) in [6.45, 7) is 13.1. The molecule has 0 aliphatic heterocycles. The Morgan fingerprint density at radius 2 is 1.28 bits per heavy atom. The van der Waals surface area contributed by atoms with Crippen LogP contribution in [0.25, 0.3) is 38.5 Å². The van der Waals surface area contributed by atoms with Gasteiger partial charge in [-0.15, -0.1) is 0 Å². The molecule has 1 heterocycles. The number of furan rings is 1. The number of aryl methyl sites for hydroxylation is 1. The number of hydrogen-bond acceptors (Lipinski definition) is 1. The van der Waals surface area contributed by atoms with E-state index in [4.69, 9.17) is 4.42 Å². The van der Waals surface area contributed by atoms with E-state index in [2.05, 4.69) is 125 Å². The Labute approximate surface area is 231 Å². The molecule has 0 aliphatic rings. The number of hydrogen-bond donors (Lipinski definition) is 0. The van der Waals surface area contributed by atoms with E-state index >= 15 is 0 Å². The third kappa shape index (κ3) is 5.01. The molecule has 0 N–H and O–H groups in total. The van der Waals surface area contributed by atoms with Crippen molar-refractivity contribution in [2.45, 2.75) is 13.8 Å². The van der Waals surface area contributed by atoms with Crippen molar-refractivity contribution in [3.8, 4) is 11.1 Å². The predicted molar refractivity (Wildman–Crippen MR) is 171 cm³/mol. The average molecular weight is 498 g/mol. The summed E-state index contributed by atoms with van der Waals surface area (Å²) in [5.41, 5.74) is 10.9. The maximum absolute atomic E-state index is 6.52. The van der Waals surface area contributed by atoms with Gasteiger partial charge in [-0.1, -0.05) is 0 Å². The van der Waals surface area contributed by atoms with Crippen molar-refractivity contribution in [2.24, 2.45) is 0 Å². The van der Waals surface area contributed by atoms with Crippen LogP contribution >= 0.6 is 0 Å². The van der Waals surface area contributed by atoms with Crippen LogP contribution in [0, 0.1) is 6.92 Å². The minimum absolute atomic E-state index is 0.906. The van der Waals surface area contributed by atoms with E-state index < -0.39 is 0 Å². The van der Waals surface area contributed by atoms with E-state index in [1.807, 2.05) is 30.3 Å². The fourth-order valence-corrected chi connectivity index (χ4v) is 5.20. The summed E-state index contributed by atoms with van der Waals surface area (Å²) < 4.78 is 6.52. The number of para-hydroxylation sites is 1. The monoisotopic (exact) mass is 498 g/mol. The zero-order chi connectivity index (χ0) is 26.8. The summed E-state index contributed by atoms with van der Waals surface area (Å²) in [6.07, 6.45) is 0. The van der Waals surface area contributed by atoms with E-state index in [1.54, 1.807) is 0 Å². The first-order valence-corrected chi connectivity index (χ1v) is 13.3. The molecule has 6 aromatic rings. The van der Waals surface area contributed by atoms with E-state index in [0.717, 1.165) is 66.1 Å². The summed E-state index contributed by atoms with van der Waals surface area (Å²) >= 11 is 0. The molecule has 0 saturated carbocycles. The van der Waals surface area contributed by atoms with Gasteiger partial charge in [-0.25, -0.2) is 0 Å². The first-order chi connectivity index (χ1) is 19.1. The van der Waals surface area contributed by atoms with E-state index in [9.17, 15) is 0 Å². The van der Waals surface area contributed by atoms with Crippen LogP contribution in [-0.2, 0) is 0 Å². The quantitative estimate of drug-likeness (QED) is 0.210. The van der Waals surface area contributed by atoms with Crippen molar-refractivity contribution in [3.05, 3.63) is 150 Å². The standard InChI is InChI=1S/C36H28B2O/c1-24-18-20-28(21-19-24)34-30(22-23-32-31-16-10-11-17-33(31)39-35(32)34)26(3)38-36(29-14-8-5-9-15-29)37-25(2)27-12-6-4-7-13-27/h4-23H,2H2,1,3H3. The fourth-order valence-electron chi connectivity index (χ4n) is 5.20. The molecule has 5 aromatic carbocycles. The van der Waals surface area contributed by atoms with Gasteiger partial charge in [-0.05, 0) is 0 Å². The van der Waals surface area contributed by atoms with Crippen LogP contribution in [0.1, 0.15) is 29.2 Å². The molecule has 6 rings (SSSR count). The van der Waals surface area contributed by atoms with Gasteiger partial charge in [-0.2, -0.15) is 0 Å². The van der Waals surface area contributed by atoms with Gasteiger partial charge in [0.05, 0.1) is 0 Å². The third-order valence-electron chi connectivity index (χ3n) is 7.27. The number of rotatable bonds is 6. The number of benzene rings is 5. The molecule has 0 amide bonds. The molecule has 0 radical (unpaired) electrons. The Morgan fingerprint density at radius 3 is 2.00 bits per heavy atom. The topological polar surface area (TPSA) is 13.1 Å². The molecular formula is C36H28B2O. The summed E-state index contributed by atoms with van der Waals surface area (Å²) in [7, 11) is 0. The Bertz CT molecular complexity index is 1860. The van der Waals surface area contributed by atoms with Gasteiger partial charge in [0.25, 0.3) is 0 Å². The van der Waals surface area contributed by atoms with Crippen molar-refractivity contribution in [3.63, 3.8) is 0 Å². The van der Waals surface area contributed by atoms with Crippen LogP contribution in [0.4, 0.5) is 0 Å². The Balaban J connectivity index is 1.56. The van der Waals surface area contributed by atoms with Crippen molar-refractivity contribution in [1.82, 2.24) is 0 Å². The van der Waals surface area contributed by atoms with Gasteiger partial charge in [-0.3, -0.25) is 0 Å². The molecule has 0 bridgehead atoms. The average Bonchev–Trinajstić information content (AvgIpc) is 3.36. The minimum atomic E-state index is 0.906. The molecule has 0 fully saturated rings. The first kappa shape index (κ1) is 24.8. The first-order valence-electron chi connectivity index (χ1n) is 13.3. The predicted octanol–water partition coefficient (Wildman–Crippen LogP) is 8.36. The van der Waals surface area contributed by atoms with Crippen LogP contribution in [0.15, 0.2) is 132 Å². The molecule has 184 valence electrons. The fraction of sp³-hybridized carbons (Fsp3) is 0.0556. The number of fused-ring (bicyclic) bond motifs is 3. The second-order valence-corrected chi connectivity index (χ2v) is 10.0. The van der Waals surface area contributed by atoms with Gasteiger partial charge in [0.2, 0.25) is 0 Å². The molecule has 0 atom stereocenters. The molecule has 3 heteroatoms. The Hall–Kier alpha value is -4.49. The Morgan fingerprint density at radius 1 is 0.641 bits per heavy atom. The molecule has 0 unspecified atom stereocenters. The molecule has 0 saturated heterocycles. The molecule has 0 spiro atoms. The van der Waals surface area contributed by atoms with Crippen LogP contribution < -0.4 is 0 Å². The molecule has 1 aromatic heterocycles. The van der Waals surface area contributed by atoms with Gasteiger partial charge in [0, 0.05) is 0 Å². The van der Waals surface area contributed by atoms with Crippen LogP contribution in [0.3, 0.4) is 0 Å². The van der Waals surface area contributed by atoms with E-state index in [-0.39, 0.29) is 0 Å². The van der Waals surface area contributed by atoms with Crippen molar-refractivity contribution < 1.29 is 4.42 Å². The second kappa shape index (κ2) is 10.7. The third-order valence-corrected chi connectivity index (χ3v) is 7.27. The van der Waals surface area contributed by atoms with Gasteiger partial charge < -0.3 is 0 Å². The molecule has 0 aliphatic carbocycles. The Kier molecular flexibility index (Phi) is 6.82. The maximum atomic E-state index is 6.52. The SMILES string of the molecule is C=C(B=C(B=C(C)c1ccc2c(oc3ccccc32)c1-c1ccc(C)cc1)c1ccccc1)c1ccccc1. The van der Waals surface area contributed by atoms with Crippen molar-refractivity contribution >= 4 is 52.1 Å². The van der Waals surface area contributed by atoms with Crippen molar-refractivity contribution in [1.29, 1.82) is 0 Å². The summed E-state index contributed by atoms with van der Waals surface area (Å²) in [4.78, 5) is 0. The van der Waals surface area contributed by atoms with Gasteiger partial charge in [0.15, 0.2) is 0 Å². The van der Waals surface area contributed by atoms with Crippen molar-refractivity contribution in [2.75, 3.05) is 0 Å². The summed E-state index contributed by atoms with van der Waals surface area (Å²) in [5.74, 6) is 0. The van der Waals surface area contributed by atoms with Crippen LogP contribution in [0.2, 0.25) is 0 Å². The summed E-state index contributed by atoms with van der Waals surface area (Å²) in [5, 5.41) is 3.38. The zero-order valence-corrected chi connectivity index (χ0v) is 22.3. The molecule has 1 nitrogen and oxygen atoms in total. The summed E-state index contributed by atoms with van der Waals surface area (Å²) in [6, 6.07) is 42.3. The van der Waals surface area contributed by atoms with Crippen LogP contribution in [-0.4, -0.2) is 24.7 Å². The van der Waals surface area contributed by atoms with E-state index in [1.165, 1.54) is 5.56 Å². The van der Waals surface area contributed by atoms with Gasteiger partial charge in [0.1, 0.15) is 0 Å². The second-order valence-electron chi connectivity index (χ2n) is 10.0. The van der Waals surface area contributed by atoms with Gasteiger partial charge >= 0.3 is 232 Å². The van der Waals surface area contributed by atoms with Crippen LogP contribution in [0.5, 0.6) is 0 Å². The molecular weight excluding hydrogens is 470 g/mol. The zero-order valence-electron chi connectivity index (χ0n) is 22.3.